The fourth-order valence-corrected chi connectivity index (χ4v) is 1.17. The first-order valence-corrected chi connectivity index (χ1v) is 4.46. The largest absolute Gasteiger partial charge is 0.113 e. The van der Waals surface area contributed by atoms with Gasteiger partial charge in [-0.25, -0.2) is 0 Å². The SMILES string of the molecule is ClCC#Cc1cccc(Br)c1. The second kappa shape index (κ2) is 4.43. The fraction of sp³-hybridized carbons (Fsp3) is 0.111. The van der Waals surface area contributed by atoms with Crippen molar-refractivity contribution in [2.45, 2.75) is 0 Å². The van der Waals surface area contributed by atoms with Crippen LogP contribution in [0, 0.1) is 11.8 Å². The van der Waals surface area contributed by atoms with E-state index in [0.717, 1.165) is 10.0 Å². The van der Waals surface area contributed by atoms with E-state index >= 15 is 0 Å². The molecule has 0 aliphatic rings. The zero-order valence-corrected chi connectivity index (χ0v) is 8.11. The second-order valence-corrected chi connectivity index (χ2v) is 3.13. The van der Waals surface area contributed by atoms with Gasteiger partial charge in [-0.1, -0.05) is 33.8 Å². The van der Waals surface area contributed by atoms with Gasteiger partial charge in [-0.2, -0.15) is 0 Å². The molecule has 0 nitrogen and oxygen atoms in total. The molecule has 1 aromatic rings. The summed E-state index contributed by atoms with van der Waals surface area (Å²) in [5.74, 6) is 6.09. The summed E-state index contributed by atoms with van der Waals surface area (Å²) in [7, 11) is 0. The minimum absolute atomic E-state index is 0.381. The average molecular weight is 230 g/mol. The maximum Gasteiger partial charge on any atom is 0.0839 e. The van der Waals surface area contributed by atoms with E-state index in [9.17, 15) is 0 Å². The standard InChI is InChI=1S/C9H6BrCl/c10-9-5-1-3-8(7-9)4-2-6-11/h1,3,5,7H,6H2. The minimum Gasteiger partial charge on any atom is -0.113 e. The molecule has 1 aromatic carbocycles. The van der Waals surface area contributed by atoms with Crippen molar-refractivity contribution in [3.05, 3.63) is 34.3 Å². The molecule has 0 N–H and O–H groups in total. The molecule has 0 unspecified atom stereocenters. The topological polar surface area (TPSA) is 0 Å². The summed E-state index contributed by atoms with van der Waals surface area (Å²) in [5, 5.41) is 0. The van der Waals surface area contributed by atoms with Gasteiger partial charge in [0.05, 0.1) is 5.88 Å². The number of rotatable bonds is 0. The molecule has 0 aliphatic heterocycles. The Kier molecular flexibility index (Phi) is 3.48. The van der Waals surface area contributed by atoms with Crippen molar-refractivity contribution in [1.29, 1.82) is 0 Å². The maximum atomic E-state index is 5.41. The second-order valence-electron chi connectivity index (χ2n) is 1.95. The molecule has 0 spiro atoms. The lowest BCUT2D eigenvalue weighted by molar-refractivity contribution is 1.60. The highest BCUT2D eigenvalue weighted by Gasteiger charge is 1.86. The molecule has 11 heavy (non-hydrogen) atoms. The Labute approximate surface area is 79.7 Å². The summed E-state index contributed by atoms with van der Waals surface area (Å²) in [5.41, 5.74) is 0.986. The smallest absolute Gasteiger partial charge is 0.0839 e. The summed E-state index contributed by atoms with van der Waals surface area (Å²) in [4.78, 5) is 0. The van der Waals surface area contributed by atoms with Gasteiger partial charge in [0, 0.05) is 10.0 Å². The molecule has 0 bridgehead atoms. The Bertz CT molecular complexity index is 296. The molecule has 0 heterocycles. The Morgan fingerprint density at radius 2 is 2.27 bits per heavy atom. The van der Waals surface area contributed by atoms with E-state index in [-0.39, 0.29) is 0 Å². The van der Waals surface area contributed by atoms with Gasteiger partial charge >= 0.3 is 0 Å². The van der Waals surface area contributed by atoms with Gasteiger partial charge in [0.2, 0.25) is 0 Å². The van der Waals surface area contributed by atoms with Crippen LogP contribution in [0.5, 0.6) is 0 Å². The zero-order valence-electron chi connectivity index (χ0n) is 5.77. The summed E-state index contributed by atoms with van der Waals surface area (Å²) in [6, 6.07) is 7.82. The van der Waals surface area contributed by atoms with Gasteiger partial charge in [0.1, 0.15) is 0 Å². The number of hydrogen-bond acceptors (Lipinski definition) is 0. The molecule has 2 heteroatoms. The van der Waals surface area contributed by atoms with Crippen molar-refractivity contribution in [1.82, 2.24) is 0 Å². The molecule has 0 aromatic heterocycles. The van der Waals surface area contributed by atoms with E-state index in [4.69, 9.17) is 11.6 Å². The van der Waals surface area contributed by atoms with Crippen molar-refractivity contribution in [2.75, 3.05) is 5.88 Å². The van der Waals surface area contributed by atoms with Crippen molar-refractivity contribution in [3.8, 4) is 11.8 Å². The molecule has 56 valence electrons. The molecule has 0 radical (unpaired) electrons. The van der Waals surface area contributed by atoms with Gasteiger partial charge in [-0.15, -0.1) is 11.6 Å². The van der Waals surface area contributed by atoms with Crippen LogP contribution in [-0.2, 0) is 0 Å². The van der Waals surface area contributed by atoms with Crippen LogP contribution in [0.4, 0.5) is 0 Å². The van der Waals surface area contributed by atoms with Crippen LogP contribution < -0.4 is 0 Å². The molecule has 0 saturated heterocycles. The van der Waals surface area contributed by atoms with Gasteiger partial charge in [0.25, 0.3) is 0 Å². The Hall–Kier alpha value is -0.450. The van der Waals surface area contributed by atoms with Crippen molar-refractivity contribution >= 4 is 27.5 Å². The summed E-state index contributed by atoms with van der Waals surface area (Å²) >= 11 is 8.76. The van der Waals surface area contributed by atoms with Crippen LogP contribution in [0.3, 0.4) is 0 Å². The summed E-state index contributed by atoms with van der Waals surface area (Å²) in [6.45, 7) is 0. The Balaban J connectivity index is 2.87. The minimum atomic E-state index is 0.381. The van der Waals surface area contributed by atoms with Crippen LogP contribution in [0.1, 0.15) is 5.56 Å². The summed E-state index contributed by atoms with van der Waals surface area (Å²) in [6.07, 6.45) is 0. The predicted molar refractivity (Wildman–Crippen MR) is 51.7 cm³/mol. The number of halogens is 2. The quantitative estimate of drug-likeness (QED) is 0.474. The molecule has 0 fully saturated rings. The third kappa shape index (κ3) is 2.96. The lowest BCUT2D eigenvalue weighted by atomic mass is 10.2. The van der Waals surface area contributed by atoms with Crippen LogP contribution >= 0.6 is 27.5 Å². The highest BCUT2D eigenvalue weighted by Crippen LogP contribution is 2.10. The van der Waals surface area contributed by atoms with Crippen LogP contribution in [0.25, 0.3) is 0 Å². The summed E-state index contributed by atoms with van der Waals surface area (Å²) < 4.78 is 1.04. The molecule has 1 rings (SSSR count). The molecular formula is C9H6BrCl. The lowest BCUT2D eigenvalue weighted by Gasteiger charge is -1.89. The van der Waals surface area contributed by atoms with E-state index in [1.54, 1.807) is 0 Å². The number of hydrogen-bond donors (Lipinski definition) is 0. The Morgan fingerprint density at radius 1 is 1.45 bits per heavy atom. The third-order valence-corrected chi connectivity index (χ3v) is 1.75. The van der Waals surface area contributed by atoms with Crippen molar-refractivity contribution in [2.24, 2.45) is 0 Å². The Morgan fingerprint density at radius 3 is 2.91 bits per heavy atom. The number of benzene rings is 1. The molecule has 0 atom stereocenters. The molecule has 0 saturated carbocycles. The van der Waals surface area contributed by atoms with E-state index in [0.29, 0.717) is 5.88 Å². The highest BCUT2D eigenvalue weighted by molar-refractivity contribution is 9.10. The molecule has 0 aliphatic carbocycles. The molecule has 0 amide bonds. The van der Waals surface area contributed by atoms with Crippen molar-refractivity contribution < 1.29 is 0 Å². The highest BCUT2D eigenvalue weighted by atomic mass is 79.9. The zero-order chi connectivity index (χ0) is 8.10. The van der Waals surface area contributed by atoms with E-state index in [1.165, 1.54) is 0 Å². The van der Waals surface area contributed by atoms with Crippen LogP contribution in [0.2, 0.25) is 0 Å². The van der Waals surface area contributed by atoms with E-state index in [2.05, 4.69) is 27.8 Å². The fourth-order valence-electron chi connectivity index (χ4n) is 0.702. The van der Waals surface area contributed by atoms with Crippen LogP contribution in [-0.4, -0.2) is 5.88 Å². The van der Waals surface area contributed by atoms with Crippen molar-refractivity contribution in [3.63, 3.8) is 0 Å². The predicted octanol–water partition coefficient (Wildman–Crippen LogP) is 3.04. The lowest BCUT2D eigenvalue weighted by Crippen LogP contribution is -1.73. The molecular weight excluding hydrogens is 223 g/mol. The number of alkyl halides is 1. The monoisotopic (exact) mass is 228 g/mol. The van der Waals surface area contributed by atoms with Crippen LogP contribution in [0.15, 0.2) is 28.7 Å². The first-order valence-electron chi connectivity index (χ1n) is 3.13. The first kappa shape index (κ1) is 8.64. The van der Waals surface area contributed by atoms with E-state index < -0.39 is 0 Å². The average Bonchev–Trinajstić information content (AvgIpc) is 2.01. The van der Waals surface area contributed by atoms with Gasteiger partial charge < -0.3 is 0 Å². The third-order valence-electron chi connectivity index (χ3n) is 1.12. The van der Waals surface area contributed by atoms with E-state index in [1.807, 2.05) is 24.3 Å². The normalized spacial score (nSPS) is 8.55. The maximum absolute atomic E-state index is 5.41. The van der Waals surface area contributed by atoms with Gasteiger partial charge in [-0.3, -0.25) is 0 Å². The first-order chi connectivity index (χ1) is 5.33. The van der Waals surface area contributed by atoms with Gasteiger partial charge in [-0.05, 0) is 18.2 Å². The van der Waals surface area contributed by atoms with Gasteiger partial charge in [0.15, 0.2) is 0 Å².